The number of carbonyl (C=O) groups excluding carboxylic acids is 1. The van der Waals surface area contributed by atoms with E-state index in [1.807, 2.05) is 0 Å². The third-order valence-corrected chi connectivity index (χ3v) is 5.32. The molecule has 21 heavy (non-hydrogen) atoms. The highest BCUT2D eigenvalue weighted by Gasteiger charge is 2.44. The molecule has 2 atom stereocenters. The molecule has 0 spiro atoms. The molecule has 3 N–H and O–H groups in total. The molecule has 1 aliphatic carbocycles. The van der Waals surface area contributed by atoms with Crippen molar-refractivity contribution < 1.29 is 14.7 Å². The average molecular weight is 296 g/mol. The topological polar surface area (TPSA) is 83.6 Å². The summed E-state index contributed by atoms with van der Waals surface area (Å²) in [6, 6.07) is -0.673. The van der Waals surface area contributed by atoms with Gasteiger partial charge in [-0.2, -0.15) is 0 Å². The second-order valence-corrected chi connectivity index (χ2v) is 6.88. The predicted octanol–water partition coefficient (Wildman–Crippen LogP) is 2.00. The third kappa shape index (κ3) is 3.39. The Morgan fingerprint density at radius 3 is 2.38 bits per heavy atom. The number of amides is 1. The summed E-state index contributed by atoms with van der Waals surface area (Å²) in [6.07, 6.45) is 7.39. The summed E-state index contributed by atoms with van der Waals surface area (Å²) in [6.45, 7) is 2.95. The van der Waals surface area contributed by atoms with E-state index in [1.165, 1.54) is 0 Å². The molecule has 0 aromatic rings. The van der Waals surface area contributed by atoms with E-state index >= 15 is 0 Å². The molecule has 1 heterocycles. The normalized spacial score (nSPS) is 29.7. The third-order valence-electron chi connectivity index (χ3n) is 5.32. The summed E-state index contributed by atoms with van der Waals surface area (Å²) < 4.78 is 0. The number of hydrogen-bond acceptors (Lipinski definition) is 3. The van der Waals surface area contributed by atoms with Crippen molar-refractivity contribution in [1.82, 2.24) is 4.90 Å². The molecule has 0 bridgehead atoms. The van der Waals surface area contributed by atoms with Crippen molar-refractivity contribution in [3.05, 3.63) is 0 Å². The van der Waals surface area contributed by atoms with Crippen LogP contribution in [0.1, 0.15) is 58.3 Å². The molecule has 2 fully saturated rings. The Bertz CT molecular complexity index is 389. The minimum Gasteiger partial charge on any atom is -0.480 e. The van der Waals surface area contributed by atoms with Crippen molar-refractivity contribution in [2.45, 2.75) is 64.3 Å². The fraction of sp³-hybridized carbons (Fsp3) is 0.875. The van der Waals surface area contributed by atoms with Crippen molar-refractivity contribution in [1.29, 1.82) is 0 Å². The lowest BCUT2D eigenvalue weighted by atomic mass is 9.77. The van der Waals surface area contributed by atoms with Gasteiger partial charge in [0.15, 0.2) is 0 Å². The summed E-state index contributed by atoms with van der Waals surface area (Å²) in [5.41, 5.74) is 5.45. The highest BCUT2D eigenvalue weighted by atomic mass is 16.4. The summed E-state index contributed by atoms with van der Waals surface area (Å²) in [7, 11) is 0. The Morgan fingerprint density at radius 1 is 1.24 bits per heavy atom. The first-order chi connectivity index (χ1) is 10.00. The maximum absolute atomic E-state index is 13.1. The Labute approximate surface area is 126 Å². The molecular weight excluding hydrogens is 268 g/mol. The number of piperidine rings is 1. The van der Waals surface area contributed by atoms with Crippen LogP contribution in [0.15, 0.2) is 0 Å². The molecule has 2 rings (SSSR count). The van der Waals surface area contributed by atoms with Gasteiger partial charge in [0.2, 0.25) is 5.91 Å². The number of carboxylic acids is 1. The quantitative estimate of drug-likeness (QED) is 0.780. The molecule has 2 aliphatic rings. The van der Waals surface area contributed by atoms with Gasteiger partial charge in [-0.15, -0.1) is 0 Å². The Hall–Kier alpha value is -1.10. The zero-order chi connectivity index (χ0) is 15.5. The minimum atomic E-state index is -0.879. The van der Waals surface area contributed by atoms with E-state index in [9.17, 15) is 14.7 Å². The van der Waals surface area contributed by atoms with Crippen LogP contribution in [-0.2, 0) is 9.59 Å². The summed E-state index contributed by atoms with van der Waals surface area (Å²) in [4.78, 5) is 26.2. The summed E-state index contributed by atoms with van der Waals surface area (Å²) >= 11 is 0. The van der Waals surface area contributed by atoms with Crippen molar-refractivity contribution in [3.8, 4) is 0 Å². The fourth-order valence-electron chi connectivity index (χ4n) is 3.83. The number of likely N-dealkylation sites (tertiary alicyclic amines) is 1. The lowest BCUT2D eigenvalue weighted by molar-refractivity contribution is -0.158. The number of hydrogen-bond donors (Lipinski definition) is 2. The van der Waals surface area contributed by atoms with Gasteiger partial charge in [0, 0.05) is 13.1 Å². The van der Waals surface area contributed by atoms with E-state index in [-0.39, 0.29) is 5.91 Å². The van der Waals surface area contributed by atoms with Gasteiger partial charge in [-0.05, 0) is 31.6 Å². The van der Waals surface area contributed by atoms with Gasteiger partial charge in [0.05, 0.1) is 5.41 Å². The highest BCUT2D eigenvalue weighted by Crippen LogP contribution is 2.38. The van der Waals surface area contributed by atoms with Crippen LogP contribution in [-0.4, -0.2) is 41.0 Å². The van der Waals surface area contributed by atoms with Crippen molar-refractivity contribution in [2.24, 2.45) is 17.1 Å². The second-order valence-electron chi connectivity index (χ2n) is 6.88. The fourth-order valence-corrected chi connectivity index (χ4v) is 3.83. The number of rotatable bonds is 3. The van der Waals surface area contributed by atoms with Gasteiger partial charge in [-0.3, -0.25) is 4.79 Å². The van der Waals surface area contributed by atoms with Crippen molar-refractivity contribution in [2.75, 3.05) is 13.1 Å². The number of nitrogens with two attached hydrogens (primary N) is 1. The molecular formula is C16H28N2O3. The van der Waals surface area contributed by atoms with E-state index < -0.39 is 17.4 Å². The van der Waals surface area contributed by atoms with E-state index in [1.54, 1.807) is 4.90 Å². The van der Waals surface area contributed by atoms with Gasteiger partial charge in [-0.1, -0.05) is 32.6 Å². The lowest BCUT2D eigenvalue weighted by Gasteiger charge is -2.42. The van der Waals surface area contributed by atoms with Crippen molar-refractivity contribution in [3.63, 3.8) is 0 Å². The first-order valence-corrected chi connectivity index (χ1v) is 8.24. The molecule has 0 aromatic heterocycles. The summed E-state index contributed by atoms with van der Waals surface area (Å²) in [5.74, 6) is -0.528. The molecule has 1 saturated heterocycles. The van der Waals surface area contributed by atoms with E-state index in [2.05, 4.69) is 6.92 Å². The maximum Gasteiger partial charge on any atom is 0.326 e. The van der Waals surface area contributed by atoms with Crippen LogP contribution in [0, 0.1) is 11.3 Å². The maximum atomic E-state index is 13.1. The van der Waals surface area contributed by atoms with Gasteiger partial charge < -0.3 is 15.7 Å². The van der Waals surface area contributed by atoms with E-state index in [0.29, 0.717) is 25.4 Å². The number of aliphatic carboxylic acids is 1. The highest BCUT2D eigenvalue weighted by molar-refractivity contribution is 5.88. The van der Waals surface area contributed by atoms with E-state index in [4.69, 9.17) is 5.73 Å². The molecule has 5 heteroatoms. The molecule has 2 unspecified atom stereocenters. The second kappa shape index (κ2) is 6.77. The van der Waals surface area contributed by atoms with Crippen LogP contribution in [0.5, 0.6) is 0 Å². The number of carbonyl (C=O) groups is 2. The summed E-state index contributed by atoms with van der Waals surface area (Å²) in [5, 5.41) is 9.46. The van der Waals surface area contributed by atoms with Crippen LogP contribution in [0.25, 0.3) is 0 Å². The molecule has 5 nitrogen and oxygen atoms in total. The van der Waals surface area contributed by atoms with E-state index in [0.717, 1.165) is 44.9 Å². The Kier molecular flexibility index (Phi) is 5.25. The smallest absolute Gasteiger partial charge is 0.326 e. The van der Waals surface area contributed by atoms with Crippen LogP contribution >= 0.6 is 0 Å². The Balaban J connectivity index is 2.20. The zero-order valence-electron chi connectivity index (χ0n) is 13.0. The molecule has 1 aliphatic heterocycles. The lowest BCUT2D eigenvalue weighted by Crippen LogP contribution is -2.56. The molecule has 1 saturated carbocycles. The molecule has 0 radical (unpaired) electrons. The van der Waals surface area contributed by atoms with Crippen LogP contribution in [0.4, 0.5) is 0 Å². The zero-order valence-corrected chi connectivity index (χ0v) is 13.0. The molecule has 0 aromatic carbocycles. The SMILES string of the molecule is CC1CCN(C(=O)C2(CN)CCCCCC2)C(C(=O)O)C1. The number of nitrogens with zero attached hydrogens (tertiary/aromatic N) is 1. The van der Waals surface area contributed by atoms with Gasteiger partial charge in [-0.25, -0.2) is 4.79 Å². The first kappa shape index (κ1) is 16.3. The number of carboxylic acid groups (broad SMARTS) is 1. The standard InChI is InChI=1S/C16H28N2O3/c1-12-6-9-18(13(10-12)14(19)20)15(21)16(11-17)7-4-2-3-5-8-16/h12-13H,2-11,17H2,1H3,(H,19,20). The Morgan fingerprint density at radius 2 is 1.86 bits per heavy atom. The van der Waals surface area contributed by atoms with Gasteiger partial charge in [0.1, 0.15) is 6.04 Å². The van der Waals surface area contributed by atoms with Crippen LogP contribution in [0.3, 0.4) is 0 Å². The monoisotopic (exact) mass is 296 g/mol. The van der Waals surface area contributed by atoms with Gasteiger partial charge >= 0.3 is 5.97 Å². The average Bonchev–Trinajstić information content (AvgIpc) is 2.72. The van der Waals surface area contributed by atoms with Crippen LogP contribution in [0.2, 0.25) is 0 Å². The van der Waals surface area contributed by atoms with Gasteiger partial charge in [0.25, 0.3) is 0 Å². The largest absolute Gasteiger partial charge is 0.480 e. The van der Waals surface area contributed by atoms with Crippen molar-refractivity contribution >= 4 is 11.9 Å². The first-order valence-electron chi connectivity index (χ1n) is 8.24. The predicted molar refractivity (Wildman–Crippen MR) is 80.7 cm³/mol. The molecule has 120 valence electrons. The minimum absolute atomic E-state index is 0.00815. The molecule has 1 amide bonds. The van der Waals surface area contributed by atoms with Crippen LogP contribution < -0.4 is 5.73 Å².